The number of aliphatic imine (C=N–C) groups is 1. The number of hydrogen-bond acceptors (Lipinski definition) is 4. The van der Waals surface area contributed by atoms with Crippen molar-refractivity contribution in [2.75, 3.05) is 14.1 Å². The highest BCUT2D eigenvalue weighted by molar-refractivity contribution is 7.13. The lowest BCUT2D eigenvalue weighted by Crippen LogP contribution is -2.06. The number of nitrogens with zero attached hydrogens (tertiary/aromatic N) is 3. The van der Waals surface area contributed by atoms with Gasteiger partial charge in [0.05, 0.1) is 17.6 Å². The van der Waals surface area contributed by atoms with Gasteiger partial charge >= 0.3 is 5.97 Å². The van der Waals surface area contributed by atoms with Crippen LogP contribution >= 0.6 is 11.3 Å². The fourth-order valence-electron chi connectivity index (χ4n) is 1.12. The van der Waals surface area contributed by atoms with Gasteiger partial charge in [-0.25, -0.2) is 14.8 Å². The average molecular weight is 253 g/mol. The molecule has 1 aromatic rings. The van der Waals surface area contributed by atoms with Gasteiger partial charge in [0.15, 0.2) is 0 Å². The lowest BCUT2D eigenvalue weighted by Gasteiger charge is -2.00. The zero-order valence-electron chi connectivity index (χ0n) is 10.0. The average Bonchev–Trinajstić information content (AvgIpc) is 2.71. The quantitative estimate of drug-likeness (QED) is 0.496. The highest BCUT2D eigenvalue weighted by atomic mass is 32.1. The van der Waals surface area contributed by atoms with E-state index in [4.69, 9.17) is 5.11 Å². The van der Waals surface area contributed by atoms with Gasteiger partial charge in [-0.15, -0.1) is 11.3 Å². The molecule has 1 aromatic heterocycles. The Morgan fingerprint density at radius 1 is 1.65 bits per heavy atom. The van der Waals surface area contributed by atoms with Crippen LogP contribution in [0.15, 0.2) is 16.4 Å². The number of rotatable bonds is 5. The van der Waals surface area contributed by atoms with Gasteiger partial charge in [-0.05, 0) is 6.42 Å². The third-order valence-corrected chi connectivity index (χ3v) is 2.55. The molecule has 0 fully saturated rings. The van der Waals surface area contributed by atoms with Crippen LogP contribution in [0.5, 0.6) is 0 Å². The molecule has 1 heterocycles. The SMILES string of the molecule is CC/C=C(\C(=O)O)c1csc(N=CN(C)C)n1. The predicted molar refractivity (Wildman–Crippen MR) is 69.9 cm³/mol. The van der Waals surface area contributed by atoms with Crippen molar-refractivity contribution in [1.82, 2.24) is 9.88 Å². The van der Waals surface area contributed by atoms with Gasteiger partial charge in [0.25, 0.3) is 0 Å². The zero-order valence-corrected chi connectivity index (χ0v) is 10.9. The van der Waals surface area contributed by atoms with E-state index in [9.17, 15) is 4.79 Å². The molecule has 0 bridgehead atoms. The number of aliphatic carboxylic acids is 1. The van der Waals surface area contributed by atoms with Crippen molar-refractivity contribution >= 4 is 34.3 Å². The molecule has 0 saturated heterocycles. The molecule has 92 valence electrons. The maximum Gasteiger partial charge on any atom is 0.337 e. The van der Waals surface area contributed by atoms with E-state index in [1.165, 1.54) is 11.3 Å². The number of aromatic nitrogens is 1. The highest BCUT2D eigenvalue weighted by Crippen LogP contribution is 2.24. The molecule has 0 atom stereocenters. The first-order valence-corrected chi connectivity index (χ1v) is 6.02. The Morgan fingerprint density at radius 2 is 2.35 bits per heavy atom. The second-order valence-corrected chi connectivity index (χ2v) is 4.39. The molecule has 0 unspecified atom stereocenters. The van der Waals surface area contributed by atoms with Gasteiger partial charge in [0, 0.05) is 19.5 Å². The summed E-state index contributed by atoms with van der Waals surface area (Å²) in [6.45, 7) is 1.89. The molecule has 0 amide bonds. The summed E-state index contributed by atoms with van der Waals surface area (Å²) >= 11 is 1.32. The van der Waals surface area contributed by atoms with Crippen LogP contribution in [0.2, 0.25) is 0 Å². The van der Waals surface area contributed by atoms with Gasteiger partial charge < -0.3 is 10.0 Å². The molecule has 17 heavy (non-hydrogen) atoms. The molecule has 0 aliphatic heterocycles. The first-order valence-electron chi connectivity index (χ1n) is 5.14. The summed E-state index contributed by atoms with van der Waals surface area (Å²) in [7, 11) is 3.72. The molecule has 0 aliphatic carbocycles. The van der Waals surface area contributed by atoms with Crippen LogP contribution in [0, 0.1) is 0 Å². The largest absolute Gasteiger partial charge is 0.478 e. The van der Waals surface area contributed by atoms with Gasteiger partial charge in [-0.3, -0.25) is 0 Å². The summed E-state index contributed by atoms with van der Waals surface area (Å²) in [5.74, 6) is -0.958. The predicted octanol–water partition coefficient (Wildman–Crippen LogP) is 2.24. The third kappa shape index (κ3) is 3.99. The van der Waals surface area contributed by atoms with E-state index in [1.54, 1.807) is 22.7 Å². The van der Waals surface area contributed by atoms with Gasteiger partial charge in [-0.2, -0.15) is 0 Å². The summed E-state index contributed by atoms with van der Waals surface area (Å²) in [5, 5.41) is 11.3. The number of thiazole rings is 1. The molecule has 5 nitrogen and oxygen atoms in total. The van der Waals surface area contributed by atoms with Crippen LogP contribution < -0.4 is 0 Å². The first kappa shape index (κ1) is 13.4. The van der Waals surface area contributed by atoms with Gasteiger partial charge in [0.2, 0.25) is 5.13 Å². The fourth-order valence-corrected chi connectivity index (χ4v) is 1.77. The Bertz CT molecular complexity index is 449. The van der Waals surface area contributed by atoms with Crippen molar-refractivity contribution in [2.24, 2.45) is 4.99 Å². The Morgan fingerprint density at radius 3 is 2.88 bits per heavy atom. The monoisotopic (exact) mass is 253 g/mol. The van der Waals surface area contributed by atoms with E-state index in [0.717, 1.165) is 0 Å². The molecule has 0 saturated carbocycles. The minimum absolute atomic E-state index is 0.232. The van der Waals surface area contributed by atoms with E-state index >= 15 is 0 Å². The fraction of sp³-hybridized carbons (Fsp3) is 0.364. The molecule has 0 spiro atoms. The van der Waals surface area contributed by atoms with E-state index < -0.39 is 5.97 Å². The standard InChI is InChI=1S/C11H15N3O2S/c1-4-5-8(10(15)16)9-6-17-11(13-9)12-7-14(2)3/h5-7H,4H2,1-3H3,(H,15,16)/b8-5-,12-7?. The van der Waals surface area contributed by atoms with Crippen LogP contribution in [0.3, 0.4) is 0 Å². The molecular formula is C11H15N3O2S. The van der Waals surface area contributed by atoms with Crippen molar-refractivity contribution in [1.29, 1.82) is 0 Å². The van der Waals surface area contributed by atoms with E-state index in [0.29, 0.717) is 17.2 Å². The maximum atomic E-state index is 11.0. The van der Waals surface area contributed by atoms with Crippen LogP contribution in [-0.4, -0.2) is 41.4 Å². The van der Waals surface area contributed by atoms with Crippen LogP contribution in [0.4, 0.5) is 5.13 Å². The lowest BCUT2D eigenvalue weighted by molar-refractivity contribution is -0.130. The minimum Gasteiger partial charge on any atom is -0.478 e. The molecule has 0 aliphatic rings. The van der Waals surface area contributed by atoms with Crippen molar-refractivity contribution in [2.45, 2.75) is 13.3 Å². The molecule has 1 N–H and O–H groups in total. The van der Waals surface area contributed by atoms with Crippen molar-refractivity contribution in [3.63, 3.8) is 0 Å². The lowest BCUT2D eigenvalue weighted by atomic mass is 10.2. The second-order valence-electron chi connectivity index (χ2n) is 3.55. The van der Waals surface area contributed by atoms with E-state index in [1.807, 2.05) is 21.0 Å². The van der Waals surface area contributed by atoms with Crippen LogP contribution in [0.1, 0.15) is 19.0 Å². The van der Waals surface area contributed by atoms with Gasteiger partial charge in [0.1, 0.15) is 0 Å². The number of carboxylic acids is 1. The molecule has 0 aromatic carbocycles. The van der Waals surface area contributed by atoms with Crippen molar-refractivity contribution in [3.8, 4) is 0 Å². The number of allylic oxidation sites excluding steroid dienone is 1. The molecular weight excluding hydrogens is 238 g/mol. The topological polar surface area (TPSA) is 65.8 Å². The number of carboxylic acid groups (broad SMARTS) is 1. The minimum atomic E-state index is -0.958. The smallest absolute Gasteiger partial charge is 0.337 e. The maximum absolute atomic E-state index is 11.0. The Hall–Kier alpha value is -1.69. The normalized spacial score (nSPS) is 12.1. The van der Waals surface area contributed by atoms with Crippen molar-refractivity contribution < 1.29 is 9.90 Å². The highest BCUT2D eigenvalue weighted by Gasteiger charge is 2.13. The molecule has 6 heteroatoms. The zero-order chi connectivity index (χ0) is 12.8. The summed E-state index contributed by atoms with van der Waals surface area (Å²) < 4.78 is 0. The first-order chi connectivity index (χ1) is 8.04. The molecule has 0 radical (unpaired) electrons. The van der Waals surface area contributed by atoms with E-state index in [2.05, 4.69) is 9.98 Å². The number of hydrogen-bond donors (Lipinski definition) is 1. The third-order valence-electron chi connectivity index (χ3n) is 1.81. The van der Waals surface area contributed by atoms with Crippen LogP contribution in [0.25, 0.3) is 5.57 Å². The van der Waals surface area contributed by atoms with Crippen molar-refractivity contribution in [3.05, 3.63) is 17.2 Å². The van der Waals surface area contributed by atoms with Crippen LogP contribution in [-0.2, 0) is 4.79 Å². The number of carbonyl (C=O) groups is 1. The summed E-state index contributed by atoms with van der Waals surface area (Å²) in [4.78, 5) is 21.1. The summed E-state index contributed by atoms with van der Waals surface area (Å²) in [6.07, 6.45) is 3.94. The Kier molecular flexibility index (Phi) is 4.84. The molecule has 1 rings (SSSR count). The Balaban J connectivity index is 2.93. The van der Waals surface area contributed by atoms with E-state index in [-0.39, 0.29) is 5.57 Å². The van der Waals surface area contributed by atoms with Gasteiger partial charge in [-0.1, -0.05) is 13.0 Å². The summed E-state index contributed by atoms with van der Waals surface area (Å²) in [5.41, 5.74) is 0.699. The summed E-state index contributed by atoms with van der Waals surface area (Å²) in [6, 6.07) is 0. The Labute approximate surface area is 104 Å². The second kappa shape index (κ2) is 6.15.